The van der Waals surface area contributed by atoms with Gasteiger partial charge in [0, 0.05) is 6.20 Å². The van der Waals surface area contributed by atoms with Gasteiger partial charge in [0.05, 0.1) is 11.9 Å². The summed E-state index contributed by atoms with van der Waals surface area (Å²) in [6.07, 6.45) is 8.62. The summed E-state index contributed by atoms with van der Waals surface area (Å²) in [6, 6.07) is 1.79. The van der Waals surface area contributed by atoms with Gasteiger partial charge in [0.1, 0.15) is 12.4 Å². The van der Waals surface area contributed by atoms with E-state index in [0.717, 1.165) is 18.5 Å². The maximum absolute atomic E-state index is 5.19. The summed E-state index contributed by atoms with van der Waals surface area (Å²) in [6.45, 7) is 0. The SMILES string of the molecule is C(=N\OC1CCC1)/c1ccncn1. The van der Waals surface area contributed by atoms with Crippen molar-refractivity contribution >= 4 is 6.21 Å². The molecule has 0 N–H and O–H groups in total. The van der Waals surface area contributed by atoms with Crippen LogP contribution in [0.5, 0.6) is 0 Å². The van der Waals surface area contributed by atoms with Gasteiger partial charge in [-0.2, -0.15) is 0 Å². The van der Waals surface area contributed by atoms with E-state index in [2.05, 4.69) is 15.1 Å². The summed E-state index contributed by atoms with van der Waals surface area (Å²) in [5, 5.41) is 3.85. The van der Waals surface area contributed by atoms with Crippen molar-refractivity contribution in [3.63, 3.8) is 0 Å². The van der Waals surface area contributed by atoms with Crippen molar-refractivity contribution in [1.29, 1.82) is 0 Å². The molecule has 4 nitrogen and oxygen atoms in total. The Bertz CT molecular complexity index is 282. The van der Waals surface area contributed by atoms with Gasteiger partial charge in [-0.3, -0.25) is 0 Å². The molecule has 1 aliphatic carbocycles. The van der Waals surface area contributed by atoms with Crippen molar-refractivity contribution in [1.82, 2.24) is 9.97 Å². The average molecular weight is 177 g/mol. The summed E-state index contributed by atoms with van der Waals surface area (Å²) in [7, 11) is 0. The number of oxime groups is 1. The number of aromatic nitrogens is 2. The second-order valence-electron chi connectivity index (χ2n) is 3.03. The van der Waals surface area contributed by atoms with E-state index in [4.69, 9.17) is 4.84 Å². The number of rotatable bonds is 3. The van der Waals surface area contributed by atoms with Crippen LogP contribution >= 0.6 is 0 Å². The summed E-state index contributed by atoms with van der Waals surface area (Å²) >= 11 is 0. The molecule has 4 heteroatoms. The van der Waals surface area contributed by atoms with Crippen LogP contribution in [0.15, 0.2) is 23.7 Å². The Hall–Kier alpha value is -1.45. The molecule has 0 bridgehead atoms. The van der Waals surface area contributed by atoms with Crippen molar-refractivity contribution in [3.8, 4) is 0 Å². The standard InChI is InChI=1S/C9H11N3O/c1-2-9(3-1)13-12-6-8-4-5-10-7-11-8/h4-7,9H,1-3H2/b12-6+. The maximum atomic E-state index is 5.19. The van der Waals surface area contributed by atoms with Crippen LogP contribution < -0.4 is 0 Å². The monoisotopic (exact) mass is 177 g/mol. The molecule has 1 aliphatic rings. The first-order valence-electron chi connectivity index (χ1n) is 4.40. The third-order valence-corrected chi connectivity index (χ3v) is 2.05. The quantitative estimate of drug-likeness (QED) is 0.517. The molecule has 0 radical (unpaired) electrons. The lowest BCUT2D eigenvalue weighted by Gasteiger charge is -2.22. The third kappa shape index (κ3) is 2.24. The first kappa shape index (κ1) is 8.16. The molecule has 0 aromatic carbocycles. The molecule has 0 amide bonds. The lowest BCUT2D eigenvalue weighted by atomic mass is 9.97. The van der Waals surface area contributed by atoms with Gasteiger partial charge in [-0.15, -0.1) is 0 Å². The van der Waals surface area contributed by atoms with E-state index in [1.807, 2.05) is 0 Å². The summed E-state index contributed by atoms with van der Waals surface area (Å²) in [4.78, 5) is 13.0. The van der Waals surface area contributed by atoms with E-state index in [1.165, 1.54) is 12.7 Å². The summed E-state index contributed by atoms with van der Waals surface area (Å²) < 4.78 is 0. The Morgan fingerprint density at radius 3 is 3.08 bits per heavy atom. The van der Waals surface area contributed by atoms with Crippen LogP contribution in [0.3, 0.4) is 0 Å². The second-order valence-corrected chi connectivity index (χ2v) is 3.03. The fraction of sp³-hybridized carbons (Fsp3) is 0.444. The fourth-order valence-corrected chi connectivity index (χ4v) is 1.02. The zero-order chi connectivity index (χ0) is 8.93. The Morgan fingerprint density at radius 2 is 2.46 bits per heavy atom. The Morgan fingerprint density at radius 1 is 1.54 bits per heavy atom. The molecule has 0 saturated heterocycles. The van der Waals surface area contributed by atoms with Crippen LogP contribution in [-0.4, -0.2) is 22.3 Å². The molecule has 0 atom stereocenters. The fourth-order valence-electron chi connectivity index (χ4n) is 1.02. The lowest BCUT2D eigenvalue weighted by molar-refractivity contribution is 0.00697. The lowest BCUT2D eigenvalue weighted by Crippen LogP contribution is -2.18. The first-order chi connectivity index (χ1) is 6.45. The topological polar surface area (TPSA) is 47.4 Å². The highest BCUT2D eigenvalue weighted by atomic mass is 16.6. The molecule has 1 aromatic heterocycles. The van der Waals surface area contributed by atoms with Crippen molar-refractivity contribution in [3.05, 3.63) is 24.3 Å². The molecule has 13 heavy (non-hydrogen) atoms. The molecule has 1 saturated carbocycles. The zero-order valence-electron chi connectivity index (χ0n) is 7.26. The van der Waals surface area contributed by atoms with Crippen LogP contribution in [0.1, 0.15) is 25.0 Å². The molecule has 68 valence electrons. The van der Waals surface area contributed by atoms with Gasteiger partial charge in [-0.05, 0) is 25.3 Å². The van der Waals surface area contributed by atoms with E-state index < -0.39 is 0 Å². The average Bonchev–Trinajstić information content (AvgIpc) is 2.11. The maximum Gasteiger partial charge on any atom is 0.127 e. The Balaban J connectivity index is 1.83. The van der Waals surface area contributed by atoms with E-state index in [1.54, 1.807) is 18.5 Å². The van der Waals surface area contributed by atoms with Gasteiger partial charge in [0.15, 0.2) is 0 Å². The predicted octanol–water partition coefficient (Wildman–Crippen LogP) is 1.38. The van der Waals surface area contributed by atoms with Crippen LogP contribution in [0.4, 0.5) is 0 Å². The van der Waals surface area contributed by atoms with Crippen LogP contribution in [0.2, 0.25) is 0 Å². The minimum atomic E-state index is 0.332. The minimum Gasteiger partial charge on any atom is -0.392 e. The number of nitrogens with zero attached hydrogens (tertiary/aromatic N) is 3. The smallest absolute Gasteiger partial charge is 0.127 e. The first-order valence-corrected chi connectivity index (χ1v) is 4.40. The number of hydrogen-bond donors (Lipinski definition) is 0. The van der Waals surface area contributed by atoms with Crippen molar-refractivity contribution in [2.75, 3.05) is 0 Å². The van der Waals surface area contributed by atoms with Crippen molar-refractivity contribution < 1.29 is 4.84 Å². The molecular weight excluding hydrogens is 166 g/mol. The molecule has 1 fully saturated rings. The summed E-state index contributed by atoms with van der Waals surface area (Å²) in [5.41, 5.74) is 0.773. The number of hydrogen-bond acceptors (Lipinski definition) is 4. The van der Waals surface area contributed by atoms with Crippen LogP contribution in [0.25, 0.3) is 0 Å². The third-order valence-electron chi connectivity index (χ3n) is 2.05. The van der Waals surface area contributed by atoms with Crippen LogP contribution in [0, 0.1) is 0 Å². The Labute approximate surface area is 76.7 Å². The largest absolute Gasteiger partial charge is 0.392 e. The van der Waals surface area contributed by atoms with Gasteiger partial charge in [-0.1, -0.05) is 5.16 Å². The highest BCUT2D eigenvalue weighted by molar-refractivity contribution is 5.75. The zero-order valence-corrected chi connectivity index (χ0v) is 7.26. The van der Waals surface area contributed by atoms with Gasteiger partial charge in [-0.25, -0.2) is 9.97 Å². The predicted molar refractivity (Wildman–Crippen MR) is 48.4 cm³/mol. The highest BCUT2D eigenvalue weighted by Gasteiger charge is 2.18. The molecule has 0 spiro atoms. The van der Waals surface area contributed by atoms with Gasteiger partial charge < -0.3 is 4.84 Å². The molecule has 2 rings (SSSR count). The summed E-state index contributed by atoms with van der Waals surface area (Å²) in [5.74, 6) is 0. The molecule has 1 aromatic rings. The normalized spacial score (nSPS) is 17.2. The Kier molecular flexibility index (Phi) is 2.50. The van der Waals surface area contributed by atoms with E-state index in [-0.39, 0.29) is 0 Å². The van der Waals surface area contributed by atoms with E-state index in [9.17, 15) is 0 Å². The molecule has 0 aliphatic heterocycles. The minimum absolute atomic E-state index is 0.332. The molecule has 1 heterocycles. The van der Waals surface area contributed by atoms with Gasteiger partial charge in [0.25, 0.3) is 0 Å². The molecule has 0 unspecified atom stereocenters. The van der Waals surface area contributed by atoms with Crippen molar-refractivity contribution in [2.45, 2.75) is 25.4 Å². The molecular formula is C9H11N3O. The van der Waals surface area contributed by atoms with Gasteiger partial charge >= 0.3 is 0 Å². The van der Waals surface area contributed by atoms with Gasteiger partial charge in [0.2, 0.25) is 0 Å². The van der Waals surface area contributed by atoms with E-state index >= 15 is 0 Å². The van der Waals surface area contributed by atoms with Crippen LogP contribution in [-0.2, 0) is 4.84 Å². The van der Waals surface area contributed by atoms with Crippen molar-refractivity contribution in [2.24, 2.45) is 5.16 Å². The van der Waals surface area contributed by atoms with E-state index in [0.29, 0.717) is 6.10 Å². The highest BCUT2D eigenvalue weighted by Crippen LogP contribution is 2.21. The second kappa shape index (κ2) is 3.98.